The predicted octanol–water partition coefficient (Wildman–Crippen LogP) is 3.23. The lowest BCUT2D eigenvalue weighted by Gasteiger charge is -2.05. The van der Waals surface area contributed by atoms with Crippen LogP contribution in [0.1, 0.15) is 17.0 Å². The summed E-state index contributed by atoms with van der Waals surface area (Å²) >= 11 is 3.66. The maximum atomic E-state index is 4.78. The van der Waals surface area contributed by atoms with E-state index in [0.29, 0.717) is 0 Å². The Morgan fingerprint density at radius 2 is 2.05 bits per heavy atom. The van der Waals surface area contributed by atoms with E-state index in [9.17, 15) is 0 Å². The summed E-state index contributed by atoms with van der Waals surface area (Å²) in [7, 11) is 4.01. The number of hydrogen-bond donors (Lipinski definition) is 1. The Hall–Kier alpha value is -1.13. The van der Waals surface area contributed by atoms with E-state index in [1.54, 1.807) is 0 Å². The molecular formula is C15H20BrN3. The number of aryl methyl sites for hydroxylation is 2. The largest absolute Gasteiger partial charge is 0.325 e. The van der Waals surface area contributed by atoms with Crippen LogP contribution in [0.4, 0.5) is 0 Å². The smallest absolute Gasteiger partial charge is 0.112 e. The van der Waals surface area contributed by atoms with Crippen molar-refractivity contribution in [1.82, 2.24) is 14.9 Å². The zero-order valence-corrected chi connectivity index (χ0v) is 13.5. The van der Waals surface area contributed by atoms with Crippen molar-refractivity contribution in [2.75, 3.05) is 13.6 Å². The summed E-state index contributed by atoms with van der Waals surface area (Å²) in [6.45, 7) is 5.18. The second-order valence-electron chi connectivity index (χ2n) is 4.90. The van der Waals surface area contributed by atoms with Crippen LogP contribution in [0.25, 0.3) is 11.3 Å². The van der Waals surface area contributed by atoms with Gasteiger partial charge in [-0.1, -0.05) is 23.8 Å². The number of likely N-dealkylation sites (N-methyl/N-ethyl adjacent to an activating group) is 1. The van der Waals surface area contributed by atoms with Crippen molar-refractivity contribution in [3.63, 3.8) is 0 Å². The molecule has 2 rings (SSSR count). The number of halogens is 1. The second kappa shape index (κ2) is 5.88. The summed E-state index contributed by atoms with van der Waals surface area (Å²) in [5.74, 6) is 1.09. The highest BCUT2D eigenvalue weighted by Crippen LogP contribution is 2.30. The van der Waals surface area contributed by atoms with Crippen LogP contribution >= 0.6 is 15.9 Å². The minimum Gasteiger partial charge on any atom is -0.325 e. The lowest BCUT2D eigenvalue weighted by Crippen LogP contribution is -2.13. The number of benzene rings is 1. The Morgan fingerprint density at radius 1 is 1.32 bits per heavy atom. The van der Waals surface area contributed by atoms with Gasteiger partial charge in [-0.3, -0.25) is 0 Å². The highest BCUT2D eigenvalue weighted by atomic mass is 79.9. The molecule has 0 unspecified atom stereocenters. The molecule has 0 atom stereocenters. The summed E-state index contributed by atoms with van der Waals surface area (Å²) in [6.07, 6.45) is 0.927. The van der Waals surface area contributed by atoms with E-state index in [0.717, 1.165) is 29.1 Å². The Kier molecular flexibility index (Phi) is 4.42. The molecule has 0 saturated carbocycles. The van der Waals surface area contributed by atoms with Crippen molar-refractivity contribution in [3.05, 3.63) is 39.8 Å². The molecule has 2 aromatic rings. The number of rotatable bonds is 4. The highest BCUT2D eigenvalue weighted by molar-refractivity contribution is 9.10. The van der Waals surface area contributed by atoms with Crippen LogP contribution < -0.4 is 5.32 Å². The van der Waals surface area contributed by atoms with Crippen molar-refractivity contribution < 1.29 is 0 Å². The fourth-order valence-electron chi connectivity index (χ4n) is 2.23. The number of hydrogen-bond acceptors (Lipinski definition) is 2. The van der Waals surface area contributed by atoms with E-state index in [4.69, 9.17) is 4.98 Å². The van der Waals surface area contributed by atoms with Gasteiger partial charge < -0.3 is 9.88 Å². The van der Waals surface area contributed by atoms with Crippen molar-refractivity contribution >= 4 is 15.9 Å². The van der Waals surface area contributed by atoms with Gasteiger partial charge in [0.15, 0.2) is 0 Å². The SMILES string of the molecule is CNCCc1nc(-c2ccc(C)cc2C)c(Br)n1C. The van der Waals surface area contributed by atoms with Gasteiger partial charge in [0.2, 0.25) is 0 Å². The summed E-state index contributed by atoms with van der Waals surface area (Å²) < 4.78 is 3.16. The minimum atomic E-state index is 0.927. The van der Waals surface area contributed by atoms with Gasteiger partial charge in [-0.15, -0.1) is 0 Å². The van der Waals surface area contributed by atoms with Gasteiger partial charge >= 0.3 is 0 Å². The molecule has 0 aliphatic heterocycles. The Bertz CT molecular complexity index is 587. The summed E-state index contributed by atoms with van der Waals surface area (Å²) in [4.78, 5) is 4.78. The number of aromatic nitrogens is 2. The first-order valence-electron chi connectivity index (χ1n) is 6.48. The average Bonchev–Trinajstić information content (AvgIpc) is 2.64. The van der Waals surface area contributed by atoms with Gasteiger partial charge in [-0.25, -0.2) is 4.98 Å². The highest BCUT2D eigenvalue weighted by Gasteiger charge is 2.15. The molecule has 0 saturated heterocycles. The maximum absolute atomic E-state index is 4.78. The molecule has 1 aromatic carbocycles. The summed E-state index contributed by atoms with van der Waals surface area (Å²) in [6, 6.07) is 6.49. The third-order valence-corrected chi connectivity index (χ3v) is 4.26. The topological polar surface area (TPSA) is 29.9 Å². The zero-order chi connectivity index (χ0) is 14.0. The van der Waals surface area contributed by atoms with Crippen molar-refractivity contribution in [1.29, 1.82) is 0 Å². The van der Waals surface area contributed by atoms with Gasteiger partial charge in [0, 0.05) is 25.6 Å². The standard InChI is InChI=1S/C15H20BrN3/c1-10-5-6-12(11(2)9-10)14-15(16)19(4)13(18-14)7-8-17-3/h5-6,9,17H,7-8H2,1-4H3. The van der Waals surface area contributed by atoms with Gasteiger partial charge in [0.1, 0.15) is 16.1 Å². The normalized spacial score (nSPS) is 11.0. The van der Waals surface area contributed by atoms with Gasteiger partial charge in [0.05, 0.1) is 0 Å². The number of nitrogens with zero attached hydrogens (tertiary/aromatic N) is 2. The van der Waals surface area contributed by atoms with Crippen molar-refractivity contribution in [3.8, 4) is 11.3 Å². The Balaban J connectivity index is 2.45. The molecule has 0 amide bonds. The molecule has 102 valence electrons. The molecule has 0 aliphatic rings. The third-order valence-electron chi connectivity index (χ3n) is 3.35. The van der Waals surface area contributed by atoms with Gasteiger partial charge in [0.25, 0.3) is 0 Å². The monoisotopic (exact) mass is 321 g/mol. The quantitative estimate of drug-likeness (QED) is 0.937. The van der Waals surface area contributed by atoms with Gasteiger partial charge in [-0.2, -0.15) is 0 Å². The Morgan fingerprint density at radius 3 is 2.68 bits per heavy atom. The zero-order valence-electron chi connectivity index (χ0n) is 11.9. The Labute approximate surface area is 123 Å². The van der Waals surface area contributed by atoms with E-state index in [2.05, 4.69) is 64.9 Å². The first kappa shape index (κ1) is 14.3. The van der Waals surface area contributed by atoms with E-state index in [1.807, 2.05) is 7.05 Å². The lowest BCUT2D eigenvalue weighted by molar-refractivity contribution is 0.713. The van der Waals surface area contributed by atoms with Crippen LogP contribution in [-0.2, 0) is 13.5 Å². The molecule has 19 heavy (non-hydrogen) atoms. The molecule has 3 nitrogen and oxygen atoms in total. The molecule has 1 N–H and O–H groups in total. The molecule has 0 aliphatic carbocycles. The van der Waals surface area contributed by atoms with E-state index in [-0.39, 0.29) is 0 Å². The first-order chi connectivity index (χ1) is 9.04. The average molecular weight is 322 g/mol. The fourth-order valence-corrected chi connectivity index (χ4v) is 2.74. The van der Waals surface area contributed by atoms with E-state index >= 15 is 0 Å². The molecule has 1 heterocycles. The minimum absolute atomic E-state index is 0.927. The van der Waals surface area contributed by atoms with Crippen LogP contribution in [0.5, 0.6) is 0 Å². The molecule has 0 spiro atoms. The van der Waals surface area contributed by atoms with Gasteiger partial charge in [-0.05, 0) is 42.4 Å². The van der Waals surface area contributed by atoms with Crippen LogP contribution in [0.15, 0.2) is 22.8 Å². The van der Waals surface area contributed by atoms with Crippen LogP contribution in [0.3, 0.4) is 0 Å². The molecule has 0 fully saturated rings. The van der Waals surface area contributed by atoms with Crippen LogP contribution in [-0.4, -0.2) is 23.1 Å². The predicted molar refractivity (Wildman–Crippen MR) is 83.4 cm³/mol. The summed E-state index contributed by atoms with van der Waals surface area (Å²) in [5, 5.41) is 3.16. The lowest BCUT2D eigenvalue weighted by atomic mass is 10.0. The van der Waals surface area contributed by atoms with Crippen molar-refractivity contribution in [2.24, 2.45) is 7.05 Å². The summed E-state index contributed by atoms with van der Waals surface area (Å²) in [5.41, 5.74) is 4.78. The molecule has 1 aromatic heterocycles. The van der Waals surface area contributed by atoms with Crippen LogP contribution in [0, 0.1) is 13.8 Å². The van der Waals surface area contributed by atoms with Crippen molar-refractivity contribution in [2.45, 2.75) is 20.3 Å². The molecular weight excluding hydrogens is 302 g/mol. The fraction of sp³-hybridized carbons (Fsp3) is 0.400. The second-order valence-corrected chi connectivity index (χ2v) is 5.65. The molecule has 0 radical (unpaired) electrons. The molecule has 4 heteroatoms. The third kappa shape index (κ3) is 2.90. The number of imidazole rings is 1. The molecule has 0 bridgehead atoms. The maximum Gasteiger partial charge on any atom is 0.112 e. The van der Waals surface area contributed by atoms with E-state index < -0.39 is 0 Å². The van der Waals surface area contributed by atoms with Crippen LogP contribution in [0.2, 0.25) is 0 Å². The number of nitrogens with one attached hydrogen (secondary N) is 1. The van der Waals surface area contributed by atoms with E-state index in [1.165, 1.54) is 16.7 Å². The first-order valence-corrected chi connectivity index (χ1v) is 7.27.